The fourth-order valence-corrected chi connectivity index (χ4v) is 3.48. The third kappa shape index (κ3) is 2.54. The summed E-state index contributed by atoms with van der Waals surface area (Å²) in [4.78, 5) is 7.91. The van der Waals surface area contributed by atoms with Gasteiger partial charge in [-0.05, 0) is 18.8 Å². The van der Waals surface area contributed by atoms with Crippen LogP contribution in [0.4, 0.5) is 5.13 Å². The van der Waals surface area contributed by atoms with Crippen LogP contribution in [0.1, 0.15) is 39.3 Å². The largest absolute Gasteiger partial charge is 0.396 e. The molecule has 2 aromatic rings. The Bertz CT molecular complexity index is 566. The first-order valence-corrected chi connectivity index (χ1v) is 8.01. The number of aliphatic hydroxyl groups excluding tert-OH is 1. The van der Waals surface area contributed by atoms with Gasteiger partial charge in [0.25, 0.3) is 0 Å². The molecule has 0 radical (unpaired) electrons. The molecule has 0 saturated carbocycles. The maximum atomic E-state index is 9.32. The summed E-state index contributed by atoms with van der Waals surface area (Å²) >= 11 is 1.64. The second-order valence-electron chi connectivity index (χ2n) is 6.62. The van der Waals surface area contributed by atoms with Gasteiger partial charge >= 0.3 is 0 Å². The molecule has 1 aliphatic rings. The molecule has 1 saturated heterocycles. The number of aromatic nitrogens is 3. The van der Waals surface area contributed by atoms with E-state index in [2.05, 4.69) is 35.8 Å². The number of imidazole rings is 1. The van der Waals surface area contributed by atoms with Gasteiger partial charge in [-0.1, -0.05) is 32.1 Å². The summed E-state index contributed by atoms with van der Waals surface area (Å²) in [5, 5.41) is 15.0. The van der Waals surface area contributed by atoms with Crippen molar-refractivity contribution in [2.24, 2.45) is 5.92 Å². The lowest BCUT2D eigenvalue weighted by Gasteiger charge is -2.31. The third-order valence-electron chi connectivity index (χ3n) is 3.85. The van der Waals surface area contributed by atoms with Crippen molar-refractivity contribution < 1.29 is 5.11 Å². The third-order valence-corrected chi connectivity index (χ3v) is 4.83. The van der Waals surface area contributed by atoms with Crippen molar-refractivity contribution in [3.05, 3.63) is 11.9 Å². The summed E-state index contributed by atoms with van der Waals surface area (Å²) in [6, 6.07) is 0. The van der Waals surface area contributed by atoms with Gasteiger partial charge in [-0.15, -0.1) is 5.10 Å². The number of fused-ring (bicyclic) bond motifs is 1. The zero-order valence-electron chi connectivity index (χ0n) is 12.3. The molecule has 0 unspecified atom stereocenters. The summed E-state index contributed by atoms with van der Waals surface area (Å²) in [6.07, 6.45) is 4.27. The van der Waals surface area contributed by atoms with Gasteiger partial charge in [0.2, 0.25) is 10.1 Å². The molecule has 0 bridgehead atoms. The lowest BCUT2D eigenvalue weighted by atomic mass is 9.93. The first-order valence-electron chi connectivity index (χ1n) is 7.20. The van der Waals surface area contributed by atoms with E-state index < -0.39 is 0 Å². The van der Waals surface area contributed by atoms with E-state index in [1.54, 1.807) is 11.3 Å². The van der Waals surface area contributed by atoms with Crippen molar-refractivity contribution in [3.8, 4) is 0 Å². The summed E-state index contributed by atoms with van der Waals surface area (Å²) in [7, 11) is 0. The van der Waals surface area contributed by atoms with Crippen LogP contribution in [-0.4, -0.2) is 39.4 Å². The Morgan fingerprint density at radius 2 is 2.25 bits per heavy atom. The van der Waals surface area contributed by atoms with Crippen LogP contribution in [-0.2, 0) is 5.41 Å². The minimum atomic E-state index is 0.0562. The second-order valence-corrected chi connectivity index (χ2v) is 7.56. The van der Waals surface area contributed by atoms with Crippen molar-refractivity contribution in [2.75, 3.05) is 24.6 Å². The maximum Gasteiger partial charge on any atom is 0.214 e. The molecule has 3 heterocycles. The van der Waals surface area contributed by atoms with Crippen molar-refractivity contribution in [1.29, 1.82) is 0 Å². The molecule has 5 nitrogen and oxygen atoms in total. The molecule has 1 N–H and O–H groups in total. The Labute approximate surface area is 123 Å². The predicted molar refractivity (Wildman–Crippen MR) is 81.6 cm³/mol. The van der Waals surface area contributed by atoms with Crippen LogP contribution in [0.3, 0.4) is 0 Å². The highest BCUT2D eigenvalue weighted by Gasteiger charge is 2.24. The molecule has 110 valence electrons. The first kappa shape index (κ1) is 13.8. The molecule has 3 rings (SSSR count). The average molecular weight is 294 g/mol. The normalized spacial score (nSPS) is 20.8. The highest BCUT2D eigenvalue weighted by molar-refractivity contribution is 7.20. The zero-order chi connectivity index (χ0) is 14.3. The van der Waals surface area contributed by atoms with Gasteiger partial charge in [0.15, 0.2) is 0 Å². The Kier molecular flexibility index (Phi) is 3.46. The number of piperidine rings is 1. The van der Waals surface area contributed by atoms with Crippen LogP contribution in [0.5, 0.6) is 0 Å². The number of aliphatic hydroxyl groups is 1. The smallest absolute Gasteiger partial charge is 0.214 e. The van der Waals surface area contributed by atoms with E-state index in [0.717, 1.165) is 41.7 Å². The molecule has 20 heavy (non-hydrogen) atoms. The lowest BCUT2D eigenvalue weighted by molar-refractivity contribution is 0.208. The van der Waals surface area contributed by atoms with Crippen LogP contribution >= 0.6 is 11.3 Å². The predicted octanol–water partition coefficient (Wildman–Crippen LogP) is 2.30. The zero-order valence-corrected chi connectivity index (χ0v) is 13.2. The highest BCUT2D eigenvalue weighted by atomic mass is 32.1. The van der Waals surface area contributed by atoms with Crippen molar-refractivity contribution in [2.45, 2.75) is 39.0 Å². The molecule has 1 aliphatic heterocycles. The molecule has 0 amide bonds. The van der Waals surface area contributed by atoms with Crippen LogP contribution in [0.2, 0.25) is 0 Å². The van der Waals surface area contributed by atoms with E-state index in [0.29, 0.717) is 5.92 Å². The summed E-state index contributed by atoms with van der Waals surface area (Å²) in [6.45, 7) is 8.69. The Morgan fingerprint density at radius 3 is 2.90 bits per heavy atom. The van der Waals surface area contributed by atoms with Crippen LogP contribution in [0.25, 0.3) is 4.96 Å². The molecule has 0 spiro atoms. The van der Waals surface area contributed by atoms with Crippen molar-refractivity contribution in [1.82, 2.24) is 14.6 Å². The molecule has 2 aromatic heterocycles. The fraction of sp³-hybridized carbons (Fsp3) is 0.714. The Morgan fingerprint density at radius 1 is 1.45 bits per heavy atom. The van der Waals surface area contributed by atoms with E-state index in [-0.39, 0.29) is 12.0 Å². The van der Waals surface area contributed by atoms with Gasteiger partial charge in [0.1, 0.15) is 0 Å². The van der Waals surface area contributed by atoms with Crippen LogP contribution in [0.15, 0.2) is 6.20 Å². The highest BCUT2D eigenvalue weighted by Crippen LogP contribution is 2.29. The van der Waals surface area contributed by atoms with Crippen LogP contribution < -0.4 is 4.90 Å². The van der Waals surface area contributed by atoms with Gasteiger partial charge < -0.3 is 10.0 Å². The van der Waals surface area contributed by atoms with Gasteiger partial charge in [0, 0.05) is 25.1 Å². The van der Waals surface area contributed by atoms with Crippen molar-refractivity contribution >= 4 is 21.4 Å². The average Bonchev–Trinajstić information content (AvgIpc) is 2.96. The minimum absolute atomic E-state index is 0.0562. The second kappa shape index (κ2) is 5.00. The monoisotopic (exact) mass is 294 g/mol. The Hall–Kier alpha value is -1.14. The van der Waals surface area contributed by atoms with Crippen LogP contribution in [0, 0.1) is 5.92 Å². The number of nitrogens with zero attached hydrogens (tertiary/aromatic N) is 4. The number of hydrogen-bond donors (Lipinski definition) is 1. The van der Waals surface area contributed by atoms with Crippen molar-refractivity contribution in [3.63, 3.8) is 0 Å². The Balaban J connectivity index is 1.84. The topological polar surface area (TPSA) is 53.7 Å². The van der Waals surface area contributed by atoms with E-state index in [1.807, 2.05) is 10.7 Å². The maximum absolute atomic E-state index is 9.32. The number of anilines is 1. The first-order chi connectivity index (χ1) is 9.47. The van der Waals surface area contributed by atoms with E-state index in [1.165, 1.54) is 0 Å². The van der Waals surface area contributed by atoms with Gasteiger partial charge in [-0.3, -0.25) is 0 Å². The summed E-state index contributed by atoms with van der Waals surface area (Å²) in [5.74, 6) is 0.380. The molecule has 6 heteroatoms. The molecule has 1 atom stereocenters. The molecular weight excluding hydrogens is 272 g/mol. The lowest BCUT2D eigenvalue weighted by Crippen LogP contribution is -2.36. The molecular formula is C14H22N4OS. The van der Waals surface area contributed by atoms with Gasteiger partial charge in [0.05, 0.1) is 11.9 Å². The number of hydrogen-bond acceptors (Lipinski definition) is 5. The molecule has 0 aromatic carbocycles. The summed E-state index contributed by atoms with van der Waals surface area (Å²) in [5.41, 5.74) is 1.13. The number of rotatable bonds is 2. The standard InChI is InChI=1S/C14H22N4OS/c1-14(2,3)11-8-18-12(15-11)20-13(16-18)17-6-4-5-10(7-17)9-19/h8,10,19H,4-7,9H2,1-3H3/t10-/m1/s1. The fourth-order valence-electron chi connectivity index (χ4n) is 2.57. The molecule has 0 aliphatic carbocycles. The van der Waals surface area contributed by atoms with E-state index in [9.17, 15) is 5.11 Å². The minimum Gasteiger partial charge on any atom is -0.396 e. The summed E-state index contributed by atoms with van der Waals surface area (Å²) < 4.78 is 1.89. The van der Waals surface area contributed by atoms with E-state index >= 15 is 0 Å². The van der Waals surface area contributed by atoms with E-state index in [4.69, 9.17) is 0 Å². The van der Waals surface area contributed by atoms with Gasteiger partial charge in [-0.25, -0.2) is 9.50 Å². The molecule has 1 fully saturated rings. The SMILES string of the molecule is CC(C)(C)c1cn2nc(N3CCC[C@@H](CO)C3)sc2n1. The van der Waals surface area contributed by atoms with Gasteiger partial charge in [-0.2, -0.15) is 0 Å². The quantitative estimate of drug-likeness (QED) is 0.923.